The number of aromatic nitrogens is 5. The second-order valence-corrected chi connectivity index (χ2v) is 5.15. The van der Waals surface area contributed by atoms with Gasteiger partial charge in [-0.2, -0.15) is 0 Å². The fourth-order valence-corrected chi connectivity index (χ4v) is 2.76. The highest BCUT2D eigenvalue weighted by Gasteiger charge is 2.11. The Morgan fingerprint density at radius 3 is 3.00 bits per heavy atom. The van der Waals surface area contributed by atoms with Gasteiger partial charge in [0.1, 0.15) is 5.01 Å². The molecule has 0 radical (unpaired) electrons. The van der Waals surface area contributed by atoms with Crippen LogP contribution in [0.15, 0.2) is 29.8 Å². The summed E-state index contributed by atoms with van der Waals surface area (Å²) in [6.07, 6.45) is 2.57. The van der Waals surface area contributed by atoms with Gasteiger partial charge in [-0.05, 0) is 18.6 Å². The van der Waals surface area contributed by atoms with Gasteiger partial charge in [-0.15, -0.1) is 16.4 Å². The minimum absolute atomic E-state index is 0.493. The first-order valence-corrected chi connectivity index (χ1v) is 7.19. The van der Waals surface area contributed by atoms with Crippen molar-refractivity contribution in [2.45, 2.75) is 19.9 Å². The minimum atomic E-state index is 0.493. The molecule has 6 nitrogen and oxygen atoms in total. The first-order chi connectivity index (χ1) is 9.78. The molecule has 0 atom stereocenters. The average Bonchev–Trinajstić information content (AvgIpc) is 3.08. The van der Waals surface area contributed by atoms with E-state index in [0.29, 0.717) is 12.4 Å². The summed E-state index contributed by atoms with van der Waals surface area (Å²) in [6.45, 7) is 2.61. The Kier molecular flexibility index (Phi) is 3.42. The van der Waals surface area contributed by atoms with Crippen LogP contribution in [0.5, 0.6) is 0 Å². The maximum absolute atomic E-state index is 5.78. The lowest BCUT2D eigenvalue weighted by molar-refractivity contribution is 0.614. The molecule has 0 aromatic carbocycles. The van der Waals surface area contributed by atoms with Gasteiger partial charge in [0.05, 0.1) is 23.6 Å². The van der Waals surface area contributed by atoms with Gasteiger partial charge in [-0.1, -0.05) is 18.2 Å². The molecule has 0 amide bonds. The lowest BCUT2D eigenvalue weighted by Crippen LogP contribution is -2.07. The molecule has 20 heavy (non-hydrogen) atoms. The monoisotopic (exact) mass is 286 g/mol. The number of nitrogen functional groups attached to an aromatic ring is 1. The van der Waals surface area contributed by atoms with Crippen molar-refractivity contribution in [3.8, 4) is 10.7 Å². The van der Waals surface area contributed by atoms with Crippen molar-refractivity contribution in [3.63, 3.8) is 0 Å². The molecule has 3 heterocycles. The Morgan fingerprint density at radius 1 is 1.35 bits per heavy atom. The Hall–Kier alpha value is -2.28. The number of thiazole rings is 1. The lowest BCUT2D eigenvalue weighted by Gasteiger charge is -2.02. The molecule has 0 spiro atoms. The SMILES string of the molecule is CCc1c(N)nnn1Cc1csc(-c2ccccn2)n1. The van der Waals surface area contributed by atoms with Gasteiger partial charge >= 0.3 is 0 Å². The van der Waals surface area contributed by atoms with E-state index in [4.69, 9.17) is 5.73 Å². The van der Waals surface area contributed by atoms with Crippen molar-refractivity contribution >= 4 is 17.2 Å². The van der Waals surface area contributed by atoms with E-state index in [-0.39, 0.29) is 0 Å². The normalized spacial score (nSPS) is 10.8. The molecule has 0 unspecified atom stereocenters. The fourth-order valence-electron chi connectivity index (χ4n) is 1.98. The molecular weight excluding hydrogens is 272 g/mol. The molecule has 0 aliphatic carbocycles. The van der Waals surface area contributed by atoms with Crippen LogP contribution in [0.2, 0.25) is 0 Å². The largest absolute Gasteiger partial charge is 0.381 e. The average molecular weight is 286 g/mol. The van der Waals surface area contributed by atoms with E-state index in [1.165, 1.54) is 0 Å². The van der Waals surface area contributed by atoms with E-state index >= 15 is 0 Å². The molecule has 3 aromatic heterocycles. The van der Waals surface area contributed by atoms with Crippen molar-refractivity contribution in [2.24, 2.45) is 0 Å². The molecule has 3 aromatic rings. The predicted octanol–water partition coefficient (Wildman–Crippen LogP) is 1.99. The topological polar surface area (TPSA) is 82.5 Å². The molecule has 3 rings (SSSR count). The standard InChI is InChI=1S/C13H14N6S/c1-2-11-12(14)17-18-19(11)7-9-8-20-13(16-9)10-5-3-4-6-15-10/h3-6,8H,2,7,14H2,1H3. The molecule has 102 valence electrons. The molecule has 0 aliphatic heterocycles. The third kappa shape index (κ3) is 2.39. The molecule has 7 heteroatoms. The first kappa shape index (κ1) is 12.7. The second-order valence-electron chi connectivity index (χ2n) is 4.29. The van der Waals surface area contributed by atoms with E-state index in [1.807, 2.05) is 30.5 Å². The van der Waals surface area contributed by atoms with E-state index in [1.54, 1.807) is 22.2 Å². The van der Waals surface area contributed by atoms with Crippen LogP contribution in [0.1, 0.15) is 18.3 Å². The van der Waals surface area contributed by atoms with Crippen LogP contribution < -0.4 is 5.73 Å². The summed E-state index contributed by atoms with van der Waals surface area (Å²) in [7, 11) is 0. The molecular formula is C13H14N6S. The Morgan fingerprint density at radius 2 is 2.25 bits per heavy atom. The fraction of sp³-hybridized carbons (Fsp3) is 0.231. The number of pyridine rings is 1. The minimum Gasteiger partial charge on any atom is -0.381 e. The second kappa shape index (κ2) is 5.38. The number of nitrogens with two attached hydrogens (primary N) is 1. The highest BCUT2D eigenvalue weighted by atomic mass is 32.1. The zero-order valence-corrected chi connectivity index (χ0v) is 11.8. The van der Waals surface area contributed by atoms with Crippen LogP contribution in [0.25, 0.3) is 10.7 Å². The van der Waals surface area contributed by atoms with Gasteiger partial charge in [0.25, 0.3) is 0 Å². The zero-order chi connectivity index (χ0) is 13.9. The van der Waals surface area contributed by atoms with E-state index in [9.17, 15) is 0 Å². The Bertz CT molecular complexity index is 703. The summed E-state index contributed by atoms with van der Waals surface area (Å²) in [4.78, 5) is 8.89. The number of anilines is 1. The first-order valence-electron chi connectivity index (χ1n) is 6.31. The quantitative estimate of drug-likeness (QED) is 0.793. The van der Waals surface area contributed by atoms with Crippen molar-refractivity contribution in [1.82, 2.24) is 25.0 Å². The molecule has 0 bridgehead atoms. The summed E-state index contributed by atoms with van der Waals surface area (Å²) in [5.41, 5.74) is 8.55. The van der Waals surface area contributed by atoms with E-state index in [0.717, 1.165) is 28.5 Å². The number of rotatable bonds is 4. The zero-order valence-electron chi connectivity index (χ0n) is 11.0. The van der Waals surface area contributed by atoms with E-state index in [2.05, 4.69) is 20.3 Å². The van der Waals surface area contributed by atoms with Gasteiger partial charge in [0.15, 0.2) is 5.82 Å². The predicted molar refractivity (Wildman–Crippen MR) is 78.3 cm³/mol. The number of hydrogen-bond acceptors (Lipinski definition) is 6. The molecule has 0 saturated carbocycles. The summed E-state index contributed by atoms with van der Waals surface area (Å²) in [5, 5.41) is 10.9. The third-order valence-corrected chi connectivity index (χ3v) is 3.86. The molecule has 0 aliphatic rings. The van der Waals surface area contributed by atoms with Crippen molar-refractivity contribution in [3.05, 3.63) is 41.2 Å². The van der Waals surface area contributed by atoms with Gasteiger partial charge in [0.2, 0.25) is 0 Å². The lowest BCUT2D eigenvalue weighted by atomic mass is 10.3. The highest BCUT2D eigenvalue weighted by Crippen LogP contribution is 2.22. The summed E-state index contributed by atoms with van der Waals surface area (Å²) >= 11 is 1.58. The van der Waals surface area contributed by atoms with Gasteiger partial charge in [-0.25, -0.2) is 9.67 Å². The van der Waals surface area contributed by atoms with Crippen LogP contribution in [0.3, 0.4) is 0 Å². The van der Waals surface area contributed by atoms with Crippen LogP contribution >= 0.6 is 11.3 Å². The van der Waals surface area contributed by atoms with Crippen LogP contribution in [-0.2, 0) is 13.0 Å². The third-order valence-electron chi connectivity index (χ3n) is 2.95. The Balaban J connectivity index is 1.84. The van der Waals surface area contributed by atoms with Crippen molar-refractivity contribution in [2.75, 3.05) is 5.73 Å². The van der Waals surface area contributed by atoms with Crippen LogP contribution in [0.4, 0.5) is 5.82 Å². The summed E-state index contributed by atoms with van der Waals surface area (Å²) in [5.74, 6) is 0.493. The molecule has 2 N–H and O–H groups in total. The number of hydrogen-bond donors (Lipinski definition) is 1. The smallest absolute Gasteiger partial charge is 0.169 e. The summed E-state index contributed by atoms with van der Waals surface area (Å²) in [6, 6.07) is 5.80. The number of nitrogens with zero attached hydrogens (tertiary/aromatic N) is 5. The molecule has 0 saturated heterocycles. The van der Waals surface area contributed by atoms with Crippen LogP contribution in [-0.4, -0.2) is 25.0 Å². The van der Waals surface area contributed by atoms with Gasteiger partial charge in [0, 0.05) is 11.6 Å². The van der Waals surface area contributed by atoms with Crippen LogP contribution in [0, 0.1) is 0 Å². The maximum Gasteiger partial charge on any atom is 0.169 e. The summed E-state index contributed by atoms with van der Waals surface area (Å²) < 4.78 is 1.80. The highest BCUT2D eigenvalue weighted by molar-refractivity contribution is 7.13. The molecule has 0 fully saturated rings. The Labute approximate surface area is 120 Å². The van der Waals surface area contributed by atoms with Crippen molar-refractivity contribution < 1.29 is 0 Å². The van der Waals surface area contributed by atoms with Gasteiger partial charge < -0.3 is 5.73 Å². The van der Waals surface area contributed by atoms with Crippen molar-refractivity contribution in [1.29, 1.82) is 0 Å². The van der Waals surface area contributed by atoms with Gasteiger partial charge in [-0.3, -0.25) is 4.98 Å². The maximum atomic E-state index is 5.78. The van der Waals surface area contributed by atoms with E-state index < -0.39 is 0 Å².